The fourth-order valence-corrected chi connectivity index (χ4v) is 8.02. The average molecular weight is 683 g/mol. The number of hydrogen-bond acceptors (Lipinski definition) is 6. The minimum Gasteiger partial charge on any atom is -0.453 e. The molecule has 0 spiro atoms. The van der Waals surface area contributed by atoms with Gasteiger partial charge in [0, 0.05) is 6.42 Å². The van der Waals surface area contributed by atoms with Gasteiger partial charge in [-0.25, -0.2) is 0 Å². The second-order valence-corrected chi connectivity index (χ2v) is 15.0. The zero-order valence-electron chi connectivity index (χ0n) is 29.4. The van der Waals surface area contributed by atoms with Crippen LogP contribution in [0.15, 0.2) is 78.9 Å². The number of aryl methyl sites for hydroxylation is 3. The van der Waals surface area contributed by atoms with Crippen LogP contribution >= 0.6 is 0 Å². The molecule has 6 rings (SSSR count). The van der Waals surface area contributed by atoms with Crippen LogP contribution in [0.4, 0.5) is 22.7 Å². The summed E-state index contributed by atoms with van der Waals surface area (Å²) in [6, 6.07) is 26.9. The van der Waals surface area contributed by atoms with Crippen LogP contribution in [0.1, 0.15) is 95.8 Å². The number of hydrogen-bond donors (Lipinski definition) is 1. The van der Waals surface area contributed by atoms with Crippen LogP contribution in [-0.4, -0.2) is 24.4 Å². The van der Waals surface area contributed by atoms with Crippen molar-refractivity contribution < 1.29 is 22.4 Å². The lowest BCUT2D eigenvalue weighted by Crippen LogP contribution is -2.59. The van der Waals surface area contributed by atoms with Crippen molar-refractivity contribution in [3.05, 3.63) is 95.6 Å². The highest BCUT2D eigenvalue weighted by Gasteiger charge is 2.50. The Morgan fingerprint density at radius 2 is 1.20 bits per heavy atom. The number of rotatable bonds is 15. The molecular formula is C41H50N2O5S. The molecule has 4 aromatic carbocycles. The van der Waals surface area contributed by atoms with E-state index in [9.17, 15) is 13.0 Å². The van der Waals surface area contributed by atoms with Crippen molar-refractivity contribution in [3.8, 4) is 23.0 Å². The molecule has 1 N–H and O–H groups in total. The first-order chi connectivity index (χ1) is 23.7. The molecule has 0 aromatic heterocycles. The van der Waals surface area contributed by atoms with E-state index in [1.54, 1.807) is 0 Å². The van der Waals surface area contributed by atoms with Crippen LogP contribution in [0, 0.1) is 0 Å². The normalized spacial score (nSPS) is 14.6. The van der Waals surface area contributed by atoms with Crippen molar-refractivity contribution >= 4 is 32.9 Å². The summed E-state index contributed by atoms with van der Waals surface area (Å²) in [6.45, 7) is 8.73. The summed E-state index contributed by atoms with van der Waals surface area (Å²) in [4.78, 5) is 4.63. The highest BCUT2D eigenvalue weighted by atomic mass is 32.2. The van der Waals surface area contributed by atoms with Gasteiger partial charge < -0.3 is 19.3 Å². The molecule has 2 aliphatic heterocycles. The van der Waals surface area contributed by atoms with Crippen LogP contribution in [0.25, 0.3) is 0 Å². The third kappa shape index (κ3) is 7.04. The third-order valence-electron chi connectivity index (χ3n) is 9.95. The fourth-order valence-electron chi connectivity index (χ4n) is 7.44. The lowest BCUT2D eigenvalue weighted by atomic mass is 9.89. The van der Waals surface area contributed by atoms with Crippen molar-refractivity contribution in [2.24, 2.45) is 0 Å². The lowest BCUT2D eigenvalue weighted by Gasteiger charge is -2.55. The van der Waals surface area contributed by atoms with Crippen LogP contribution in [0.2, 0.25) is 0 Å². The molecular weight excluding hydrogens is 633 g/mol. The molecule has 2 heterocycles. The number of ether oxygens (including phenoxy) is 2. The Bertz CT molecular complexity index is 1850. The maximum absolute atomic E-state index is 12.7. The molecule has 0 amide bonds. The predicted molar refractivity (Wildman–Crippen MR) is 200 cm³/mol. The smallest absolute Gasteiger partial charge is 0.265 e. The Morgan fingerprint density at radius 3 is 1.82 bits per heavy atom. The van der Waals surface area contributed by atoms with E-state index in [2.05, 4.69) is 67.8 Å². The topological polar surface area (TPSA) is 79.3 Å². The number of anilines is 4. The Balaban J connectivity index is 1.70. The molecule has 0 radical (unpaired) electrons. The van der Waals surface area contributed by atoms with Crippen molar-refractivity contribution in [2.75, 3.05) is 15.6 Å². The van der Waals surface area contributed by atoms with Gasteiger partial charge in [0.15, 0.2) is 23.0 Å². The summed E-state index contributed by atoms with van der Waals surface area (Å²) in [5, 5.41) is 0. The lowest BCUT2D eigenvalue weighted by molar-refractivity contribution is 0.357. The first-order valence-corrected chi connectivity index (χ1v) is 19.7. The van der Waals surface area contributed by atoms with Crippen molar-refractivity contribution in [3.63, 3.8) is 0 Å². The van der Waals surface area contributed by atoms with Gasteiger partial charge in [0.05, 0.1) is 28.5 Å². The highest BCUT2D eigenvalue weighted by Crippen LogP contribution is 2.59. The zero-order chi connectivity index (χ0) is 34.6. The van der Waals surface area contributed by atoms with Gasteiger partial charge in [0.25, 0.3) is 10.1 Å². The molecule has 1 unspecified atom stereocenters. The molecule has 1 atom stereocenters. The first kappa shape index (κ1) is 34.8. The van der Waals surface area contributed by atoms with Crippen LogP contribution in [0.5, 0.6) is 23.0 Å². The molecule has 0 aliphatic carbocycles. The predicted octanol–water partition coefficient (Wildman–Crippen LogP) is 11.3. The maximum atomic E-state index is 12.7. The van der Waals surface area contributed by atoms with E-state index in [4.69, 9.17) is 9.47 Å². The fraction of sp³-hybridized carbons (Fsp3) is 0.415. The van der Waals surface area contributed by atoms with Gasteiger partial charge >= 0.3 is 0 Å². The van der Waals surface area contributed by atoms with Gasteiger partial charge in [0.1, 0.15) is 5.66 Å². The summed E-state index contributed by atoms with van der Waals surface area (Å²) in [5.41, 5.74) is 6.18. The van der Waals surface area contributed by atoms with Crippen molar-refractivity contribution in [2.45, 2.75) is 104 Å². The Morgan fingerprint density at radius 1 is 0.633 bits per heavy atom. The van der Waals surface area contributed by atoms with E-state index in [-0.39, 0.29) is 6.42 Å². The molecule has 49 heavy (non-hydrogen) atoms. The van der Waals surface area contributed by atoms with E-state index < -0.39 is 21.5 Å². The van der Waals surface area contributed by atoms with Crippen LogP contribution in [0.3, 0.4) is 0 Å². The number of fused-ring (bicyclic) bond motifs is 4. The first-order valence-electron chi connectivity index (χ1n) is 18.1. The molecule has 0 saturated heterocycles. The van der Waals surface area contributed by atoms with E-state index in [0.29, 0.717) is 17.9 Å². The third-order valence-corrected chi connectivity index (χ3v) is 10.7. The van der Waals surface area contributed by atoms with Crippen LogP contribution in [-0.2, 0) is 29.4 Å². The zero-order valence-corrected chi connectivity index (χ0v) is 30.2. The summed E-state index contributed by atoms with van der Waals surface area (Å²) in [6.07, 6.45) is 9.76. The number of nitrogens with zero attached hydrogens (tertiary/aromatic N) is 2. The Kier molecular flexibility index (Phi) is 10.6. The second-order valence-electron chi connectivity index (χ2n) is 13.4. The molecule has 8 heteroatoms. The molecule has 0 saturated carbocycles. The summed E-state index contributed by atoms with van der Waals surface area (Å²) >= 11 is 0. The second kappa shape index (κ2) is 14.9. The molecule has 0 bridgehead atoms. The monoisotopic (exact) mass is 682 g/mol. The van der Waals surface area contributed by atoms with Gasteiger partial charge in [-0.05, 0) is 104 Å². The average Bonchev–Trinajstić information content (AvgIpc) is 3.10. The minimum absolute atomic E-state index is 0.119. The Labute approximate surface area is 292 Å². The molecule has 260 valence electrons. The van der Waals surface area contributed by atoms with Crippen molar-refractivity contribution in [1.82, 2.24) is 0 Å². The number of unbranched alkanes of at least 4 members (excludes halogenated alkanes) is 3. The van der Waals surface area contributed by atoms with Crippen molar-refractivity contribution in [1.29, 1.82) is 0 Å². The molecule has 7 nitrogen and oxygen atoms in total. The summed E-state index contributed by atoms with van der Waals surface area (Å²) in [5.74, 6) is 2.49. The van der Waals surface area contributed by atoms with Gasteiger partial charge in [-0.1, -0.05) is 83.4 Å². The number of benzene rings is 4. The molecule has 2 aliphatic rings. The maximum Gasteiger partial charge on any atom is 0.265 e. The highest BCUT2D eigenvalue weighted by molar-refractivity contribution is 7.85. The van der Waals surface area contributed by atoms with E-state index in [1.807, 2.05) is 48.5 Å². The largest absolute Gasteiger partial charge is 0.453 e. The molecule has 0 fully saturated rings. The standard InChI is InChI=1S/C41H50N2O5S/c1-5-9-16-30-23-24-38-35(28-30)43(40-32(18-11-7-3)27-31(17-10-6-2)29-39(40)48-38)41(8-4,25-26-49(44,45)46)42-33-19-12-14-21-36(33)47-37-22-15-13-20-34(37)42/h12-15,19-24,27-29H,5-11,16-18,25-26H2,1-4H3,(H,44,45,46). The Hall–Kier alpha value is -4.01. The quantitative estimate of drug-likeness (QED) is 0.125. The number of para-hydroxylation sites is 4. The van der Waals surface area contributed by atoms with Gasteiger partial charge in [0.2, 0.25) is 0 Å². The van der Waals surface area contributed by atoms with Gasteiger partial charge in [-0.15, -0.1) is 0 Å². The van der Waals surface area contributed by atoms with Gasteiger partial charge in [-0.3, -0.25) is 4.55 Å². The minimum atomic E-state index is -4.33. The SMILES string of the molecule is CCCCc1cc(CCCC)c2c(c1)Oc1ccc(CCCC)cc1N2C(CC)(CCS(=O)(=O)O)N1c2ccccc2Oc2ccccc21. The van der Waals surface area contributed by atoms with E-state index in [0.717, 1.165) is 92.0 Å². The summed E-state index contributed by atoms with van der Waals surface area (Å²) in [7, 11) is -4.33. The van der Waals surface area contributed by atoms with Crippen LogP contribution < -0.4 is 19.3 Å². The molecule has 4 aromatic rings. The van der Waals surface area contributed by atoms with Gasteiger partial charge in [-0.2, -0.15) is 8.42 Å². The van der Waals surface area contributed by atoms with E-state index >= 15 is 0 Å². The summed E-state index contributed by atoms with van der Waals surface area (Å²) < 4.78 is 49.2. The van der Waals surface area contributed by atoms with E-state index in [1.165, 1.54) is 16.7 Å².